The van der Waals surface area contributed by atoms with Crippen molar-refractivity contribution in [1.29, 1.82) is 0 Å². The van der Waals surface area contributed by atoms with Gasteiger partial charge in [-0.2, -0.15) is 0 Å². The van der Waals surface area contributed by atoms with Crippen molar-refractivity contribution in [2.45, 2.75) is 6.61 Å². The van der Waals surface area contributed by atoms with Gasteiger partial charge in [-0.1, -0.05) is 18.2 Å². The molecular formula is C17H14N2O3. The van der Waals surface area contributed by atoms with Gasteiger partial charge in [0, 0.05) is 17.6 Å². The van der Waals surface area contributed by atoms with E-state index in [2.05, 4.69) is 9.97 Å². The molecule has 3 rings (SSSR count). The van der Waals surface area contributed by atoms with Crippen LogP contribution in [0.4, 0.5) is 0 Å². The molecule has 0 atom stereocenters. The molecule has 0 aliphatic heterocycles. The highest BCUT2D eigenvalue weighted by atomic mass is 16.5. The smallest absolute Gasteiger partial charge is 0.213 e. The lowest BCUT2D eigenvalue weighted by molar-refractivity contribution is 0.111. The lowest BCUT2D eigenvalue weighted by atomic mass is 10.1. The molecule has 0 fully saturated rings. The SMILES string of the molecule is COc1cc(C=O)c(OCc2cccc3ncccc23)cn1. The summed E-state index contributed by atoms with van der Waals surface area (Å²) < 4.78 is 10.7. The van der Waals surface area contributed by atoms with Gasteiger partial charge in [0.15, 0.2) is 6.29 Å². The number of fused-ring (bicyclic) bond motifs is 1. The Balaban J connectivity index is 1.87. The Kier molecular flexibility index (Phi) is 3.96. The lowest BCUT2D eigenvalue weighted by Gasteiger charge is -2.10. The Morgan fingerprint density at radius 2 is 2.09 bits per heavy atom. The molecule has 0 spiro atoms. The Labute approximate surface area is 127 Å². The van der Waals surface area contributed by atoms with Gasteiger partial charge in [-0.05, 0) is 17.7 Å². The molecule has 5 nitrogen and oxygen atoms in total. The van der Waals surface area contributed by atoms with Crippen LogP contribution in [-0.4, -0.2) is 23.4 Å². The number of aldehydes is 1. The second kappa shape index (κ2) is 6.22. The van der Waals surface area contributed by atoms with Gasteiger partial charge in [0.05, 0.1) is 24.4 Å². The van der Waals surface area contributed by atoms with Crippen molar-refractivity contribution in [3.8, 4) is 11.6 Å². The molecule has 0 aliphatic rings. The highest BCUT2D eigenvalue weighted by Gasteiger charge is 2.08. The van der Waals surface area contributed by atoms with Gasteiger partial charge < -0.3 is 9.47 Å². The summed E-state index contributed by atoms with van der Waals surface area (Å²) in [5, 5.41) is 1.03. The predicted molar refractivity (Wildman–Crippen MR) is 82.3 cm³/mol. The fourth-order valence-corrected chi connectivity index (χ4v) is 2.21. The maximum atomic E-state index is 11.1. The summed E-state index contributed by atoms with van der Waals surface area (Å²) in [4.78, 5) is 19.5. The van der Waals surface area contributed by atoms with Gasteiger partial charge in [0.2, 0.25) is 5.88 Å². The molecule has 5 heteroatoms. The largest absolute Gasteiger partial charge is 0.487 e. The lowest BCUT2D eigenvalue weighted by Crippen LogP contribution is -2.01. The van der Waals surface area contributed by atoms with E-state index in [4.69, 9.17) is 9.47 Å². The molecular weight excluding hydrogens is 280 g/mol. The molecule has 0 unspecified atom stereocenters. The van der Waals surface area contributed by atoms with Crippen LogP contribution in [0.15, 0.2) is 48.8 Å². The Hall–Kier alpha value is -2.95. The standard InChI is InChI=1S/C17H14N2O3/c1-21-17-8-13(10-20)16(9-19-17)22-11-12-4-2-6-15-14(12)5-3-7-18-15/h2-10H,11H2,1H3. The summed E-state index contributed by atoms with van der Waals surface area (Å²) in [7, 11) is 1.50. The summed E-state index contributed by atoms with van der Waals surface area (Å²) in [6, 6.07) is 11.3. The van der Waals surface area contributed by atoms with Gasteiger partial charge in [-0.25, -0.2) is 4.98 Å². The molecule has 0 saturated carbocycles. The minimum Gasteiger partial charge on any atom is -0.487 e. The zero-order valence-corrected chi connectivity index (χ0v) is 12.0. The van der Waals surface area contributed by atoms with E-state index in [0.717, 1.165) is 22.8 Å². The first-order valence-corrected chi connectivity index (χ1v) is 6.76. The maximum Gasteiger partial charge on any atom is 0.213 e. The fourth-order valence-electron chi connectivity index (χ4n) is 2.21. The maximum absolute atomic E-state index is 11.1. The molecule has 0 bridgehead atoms. The van der Waals surface area contributed by atoms with E-state index in [1.54, 1.807) is 12.3 Å². The van der Waals surface area contributed by atoms with Gasteiger partial charge in [0.1, 0.15) is 12.4 Å². The van der Waals surface area contributed by atoms with Crippen LogP contribution in [0.2, 0.25) is 0 Å². The molecule has 110 valence electrons. The van der Waals surface area contributed by atoms with Crippen molar-refractivity contribution in [2.24, 2.45) is 0 Å². The third-order valence-corrected chi connectivity index (χ3v) is 3.33. The highest BCUT2D eigenvalue weighted by Crippen LogP contribution is 2.23. The van der Waals surface area contributed by atoms with Crippen LogP contribution in [0.5, 0.6) is 11.6 Å². The number of rotatable bonds is 5. The van der Waals surface area contributed by atoms with E-state index in [1.807, 2.05) is 30.3 Å². The van der Waals surface area contributed by atoms with Crippen LogP contribution >= 0.6 is 0 Å². The molecule has 2 heterocycles. The molecule has 2 aromatic heterocycles. The van der Waals surface area contributed by atoms with Crippen LogP contribution in [0.1, 0.15) is 15.9 Å². The first-order chi connectivity index (χ1) is 10.8. The van der Waals surface area contributed by atoms with Crippen LogP contribution < -0.4 is 9.47 Å². The second-order valence-electron chi connectivity index (χ2n) is 4.66. The average molecular weight is 294 g/mol. The van der Waals surface area contributed by atoms with Gasteiger partial charge in [-0.3, -0.25) is 9.78 Å². The number of carbonyl (C=O) groups excluding carboxylic acids is 1. The van der Waals surface area contributed by atoms with Crippen molar-refractivity contribution in [1.82, 2.24) is 9.97 Å². The summed E-state index contributed by atoms with van der Waals surface area (Å²) in [5.74, 6) is 0.806. The first kappa shape index (κ1) is 14.0. The minimum atomic E-state index is 0.331. The molecule has 0 aliphatic carbocycles. The quantitative estimate of drug-likeness (QED) is 0.677. The molecule has 1 aromatic carbocycles. The van der Waals surface area contributed by atoms with Crippen LogP contribution in [0, 0.1) is 0 Å². The number of aromatic nitrogens is 2. The zero-order chi connectivity index (χ0) is 15.4. The van der Waals surface area contributed by atoms with E-state index in [0.29, 0.717) is 23.8 Å². The zero-order valence-electron chi connectivity index (χ0n) is 12.0. The molecule has 0 radical (unpaired) electrons. The normalized spacial score (nSPS) is 10.4. The van der Waals surface area contributed by atoms with Crippen molar-refractivity contribution in [2.75, 3.05) is 7.11 Å². The topological polar surface area (TPSA) is 61.3 Å². The van der Waals surface area contributed by atoms with Gasteiger partial charge >= 0.3 is 0 Å². The number of nitrogens with zero attached hydrogens (tertiary/aromatic N) is 2. The van der Waals surface area contributed by atoms with E-state index < -0.39 is 0 Å². The monoisotopic (exact) mass is 294 g/mol. The van der Waals surface area contributed by atoms with E-state index in [-0.39, 0.29) is 0 Å². The number of ether oxygens (including phenoxy) is 2. The summed E-state index contributed by atoms with van der Waals surface area (Å²) in [6.45, 7) is 0.331. The third kappa shape index (κ3) is 2.74. The molecule has 0 amide bonds. The second-order valence-corrected chi connectivity index (χ2v) is 4.66. The Morgan fingerprint density at radius 3 is 2.91 bits per heavy atom. The minimum absolute atomic E-state index is 0.331. The number of hydrogen-bond acceptors (Lipinski definition) is 5. The van der Waals surface area contributed by atoms with Crippen LogP contribution in [0.3, 0.4) is 0 Å². The Morgan fingerprint density at radius 1 is 1.18 bits per heavy atom. The molecule has 0 saturated heterocycles. The summed E-state index contributed by atoms with van der Waals surface area (Å²) >= 11 is 0. The number of benzene rings is 1. The molecule has 22 heavy (non-hydrogen) atoms. The number of hydrogen-bond donors (Lipinski definition) is 0. The van der Waals surface area contributed by atoms with E-state index in [1.165, 1.54) is 13.3 Å². The number of carbonyl (C=O) groups is 1. The highest BCUT2D eigenvalue weighted by molar-refractivity contribution is 5.82. The summed E-state index contributed by atoms with van der Waals surface area (Å²) in [6.07, 6.45) is 3.97. The Bertz CT molecular complexity index is 813. The average Bonchev–Trinajstić information content (AvgIpc) is 2.59. The number of methoxy groups -OCH3 is 1. The van der Waals surface area contributed by atoms with E-state index >= 15 is 0 Å². The van der Waals surface area contributed by atoms with Crippen molar-refractivity contribution >= 4 is 17.2 Å². The molecule has 0 N–H and O–H groups in total. The molecule has 3 aromatic rings. The van der Waals surface area contributed by atoms with Crippen molar-refractivity contribution in [3.05, 3.63) is 59.9 Å². The predicted octanol–water partition coefficient (Wildman–Crippen LogP) is 3.03. The van der Waals surface area contributed by atoms with Crippen LogP contribution in [0.25, 0.3) is 10.9 Å². The van der Waals surface area contributed by atoms with Crippen molar-refractivity contribution in [3.63, 3.8) is 0 Å². The van der Waals surface area contributed by atoms with Gasteiger partial charge in [0.25, 0.3) is 0 Å². The van der Waals surface area contributed by atoms with Crippen molar-refractivity contribution < 1.29 is 14.3 Å². The van der Waals surface area contributed by atoms with Crippen LogP contribution in [-0.2, 0) is 6.61 Å². The summed E-state index contributed by atoms with van der Waals surface area (Å²) in [5.41, 5.74) is 2.32. The van der Waals surface area contributed by atoms with E-state index in [9.17, 15) is 4.79 Å². The first-order valence-electron chi connectivity index (χ1n) is 6.76. The fraction of sp³-hybridized carbons (Fsp3) is 0.118. The number of pyridine rings is 2. The third-order valence-electron chi connectivity index (χ3n) is 3.33. The van der Waals surface area contributed by atoms with Gasteiger partial charge in [-0.15, -0.1) is 0 Å².